The molecular weight excluding hydrogens is 200 g/mol. The zero-order chi connectivity index (χ0) is 9.97. The minimum atomic E-state index is -0.625. The number of ether oxygens (including phenoxy) is 2. The molecule has 0 amide bonds. The van der Waals surface area contributed by atoms with Gasteiger partial charge in [-0.05, 0) is 30.5 Å². The molecule has 1 saturated heterocycles. The Morgan fingerprint density at radius 2 is 2.07 bits per heavy atom. The Balaban J connectivity index is 1.84. The Hall–Kier alpha value is -0.710. The third kappa shape index (κ3) is 2.41. The predicted octanol–water partition coefficient (Wildman–Crippen LogP) is 1.50. The second-order valence-electron chi connectivity index (χ2n) is 3.05. The second kappa shape index (κ2) is 4.21. The molecule has 2 atom stereocenters. The number of thioether (sulfide) groups is 1. The van der Waals surface area contributed by atoms with Crippen LogP contribution in [0.2, 0.25) is 0 Å². The Morgan fingerprint density at radius 1 is 1.43 bits per heavy atom. The summed E-state index contributed by atoms with van der Waals surface area (Å²) in [7, 11) is 0. The van der Waals surface area contributed by atoms with Gasteiger partial charge in [0.05, 0.1) is 0 Å². The minimum Gasteiger partial charge on any atom is -0.491 e. The van der Waals surface area contributed by atoms with E-state index in [0.717, 1.165) is 5.75 Å². The van der Waals surface area contributed by atoms with E-state index in [-0.39, 0.29) is 6.10 Å². The fraction of sp³-hybridized carbons (Fsp3) is 0.400. The maximum Gasteiger partial charge on any atom is 0.185 e. The number of hydrogen-bond acceptors (Lipinski definition) is 4. The third-order valence-electron chi connectivity index (χ3n) is 2.03. The summed E-state index contributed by atoms with van der Waals surface area (Å²) in [6, 6.07) is 7.84. The second-order valence-corrected chi connectivity index (χ2v) is 3.93. The highest BCUT2D eigenvalue weighted by atomic mass is 32.2. The van der Waals surface area contributed by atoms with Crippen molar-refractivity contribution < 1.29 is 14.6 Å². The van der Waals surface area contributed by atoms with Gasteiger partial charge in [0.1, 0.15) is 18.5 Å². The molecule has 1 aromatic rings. The molecule has 3 nitrogen and oxygen atoms in total. The number of epoxide rings is 1. The molecule has 1 N–H and O–H groups in total. The van der Waals surface area contributed by atoms with E-state index in [2.05, 4.69) is 0 Å². The molecule has 14 heavy (non-hydrogen) atoms. The fourth-order valence-electron chi connectivity index (χ4n) is 1.11. The van der Waals surface area contributed by atoms with E-state index in [9.17, 15) is 0 Å². The number of benzene rings is 1. The molecule has 0 aliphatic carbocycles. The molecule has 0 aromatic heterocycles. The summed E-state index contributed by atoms with van der Waals surface area (Å²) < 4.78 is 10.2. The normalized spacial score (nSPS) is 24.7. The van der Waals surface area contributed by atoms with Crippen molar-refractivity contribution in [3.63, 3.8) is 0 Å². The SMILES string of the molecule is CSc1ccc(OCC2OC2O)cc1. The van der Waals surface area contributed by atoms with Gasteiger partial charge in [0.15, 0.2) is 6.29 Å². The van der Waals surface area contributed by atoms with Crippen LogP contribution < -0.4 is 4.74 Å². The maximum atomic E-state index is 8.88. The van der Waals surface area contributed by atoms with Gasteiger partial charge >= 0.3 is 0 Å². The topological polar surface area (TPSA) is 42.0 Å². The van der Waals surface area contributed by atoms with E-state index in [0.29, 0.717) is 6.61 Å². The number of aliphatic hydroxyl groups is 1. The third-order valence-corrected chi connectivity index (χ3v) is 2.77. The Labute approximate surface area is 87.0 Å². The van der Waals surface area contributed by atoms with E-state index < -0.39 is 6.29 Å². The summed E-state index contributed by atoms with van der Waals surface area (Å²) in [5.41, 5.74) is 0. The maximum absolute atomic E-state index is 8.88. The molecule has 1 aliphatic rings. The molecule has 2 rings (SSSR count). The Bertz CT molecular complexity index is 299. The lowest BCUT2D eigenvalue weighted by molar-refractivity contribution is 0.155. The van der Waals surface area contributed by atoms with E-state index in [4.69, 9.17) is 14.6 Å². The first-order valence-corrected chi connectivity index (χ1v) is 5.62. The van der Waals surface area contributed by atoms with Crippen LogP contribution in [0.15, 0.2) is 29.2 Å². The van der Waals surface area contributed by atoms with Crippen LogP contribution in [0.25, 0.3) is 0 Å². The molecule has 1 aliphatic heterocycles. The summed E-state index contributed by atoms with van der Waals surface area (Å²) in [5, 5.41) is 8.88. The lowest BCUT2D eigenvalue weighted by Gasteiger charge is -2.04. The number of rotatable bonds is 4. The van der Waals surface area contributed by atoms with Gasteiger partial charge in [-0.2, -0.15) is 0 Å². The van der Waals surface area contributed by atoms with Crippen molar-refractivity contribution in [3.05, 3.63) is 24.3 Å². The van der Waals surface area contributed by atoms with E-state index in [1.807, 2.05) is 30.5 Å². The van der Waals surface area contributed by atoms with Crippen molar-refractivity contribution in [2.24, 2.45) is 0 Å². The molecule has 0 radical (unpaired) electrons. The molecule has 4 heteroatoms. The highest BCUT2D eigenvalue weighted by molar-refractivity contribution is 7.98. The van der Waals surface area contributed by atoms with Gasteiger partial charge in [0.2, 0.25) is 0 Å². The molecule has 2 unspecified atom stereocenters. The predicted molar refractivity (Wildman–Crippen MR) is 54.6 cm³/mol. The lowest BCUT2D eigenvalue weighted by atomic mass is 10.3. The smallest absolute Gasteiger partial charge is 0.185 e. The summed E-state index contributed by atoms with van der Waals surface area (Å²) in [6.07, 6.45) is 1.26. The number of aliphatic hydroxyl groups excluding tert-OH is 1. The van der Waals surface area contributed by atoms with Crippen molar-refractivity contribution in [3.8, 4) is 5.75 Å². The first kappa shape index (κ1) is 9.83. The average molecular weight is 212 g/mol. The van der Waals surface area contributed by atoms with E-state index in [1.165, 1.54) is 4.90 Å². The largest absolute Gasteiger partial charge is 0.491 e. The van der Waals surface area contributed by atoms with Crippen molar-refractivity contribution in [2.75, 3.05) is 12.9 Å². The summed E-state index contributed by atoms with van der Waals surface area (Å²) in [6.45, 7) is 0.416. The Morgan fingerprint density at radius 3 is 2.57 bits per heavy atom. The Kier molecular flexibility index (Phi) is 2.96. The molecule has 1 aromatic carbocycles. The monoisotopic (exact) mass is 212 g/mol. The molecule has 0 saturated carbocycles. The van der Waals surface area contributed by atoms with Gasteiger partial charge in [-0.3, -0.25) is 0 Å². The van der Waals surface area contributed by atoms with Crippen LogP contribution in [0.1, 0.15) is 0 Å². The molecule has 0 bridgehead atoms. The van der Waals surface area contributed by atoms with E-state index >= 15 is 0 Å². The summed E-state index contributed by atoms with van der Waals surface area (Å²) >= 11 is 1.69. The van der Waals surface area contributed by atoms with Crippen LogP contribution in [0.4, 0.5) is 0 Å². The van der Waals surface area contributed by atoms with Crippen molar-refractivity contribution in [2.45, 2.75) is 17.3 Å². The molecular formula is C10H12O3S. The quantitative estimate of drug-likeness (QED) is 0.606. The van der Waals surface area contributed by atoms with Gasteiger partial charge in [-0.25, -0.2) is 0 Å². The molecule has 1 fully saturated rings. The van der Waals surface area contributed by atoms with Crippen LogP contribution in [0, 0.1) is 0 Å². The molecule has 1 heterocycles. The van der Waals surface area contributed by atoms with Crippen LogP contribution in [-0.2, 0) is 4.74 Å². The van der Waals surface area contributed by atoms with Crippen LogP contribution in [-0.4, -0.2) is 30.4 Å². The zero-order valence-corrected chi connectivity index (χ0v) is 8.66. The summed E-state index contributed by atoms with van der Waals surface area (Å²) in [5.74, 6) is 0.811. The van der Waals surface area contributed by atoms with Crippen LogP contribution in [0.5, 0.6) is 5.75 Å². The molecule has 0 spiro atoms. The van der Waals surface area contributed by atoms with Crippen LogP contribution in [0.3, 0.4) is 0 Å². The zero-order valence-electron chi connectivity index (χ0n) is 7.84. The van der Waals surface area contributed by atoms with Gasteiger partial charge < -0.3 is 14.6 Å². The minimum absolute atomic E-state index is 0.143. The van der Waals surface area contributed by atoms with Gasteiger partial charge in [0, 0.05) is 4.90 Å². The van der Waals surface area contributed by atoms with Gasteiger partial charge in [-0.1, -0.05) is 0 Å². The highest BCUT2D eigenvalue weighted by Crippen LogP contribution is 2.22. The van der Waals surface area contributed by atoms with Crippen LogP contribution >= 0.6 is 11.8 Å². The summed E-state index contributed by atoms with van der Waals surface area (Å²) in [4.78, 5) is 1.21. The van der Waals surface area contributed by atoms with Crippen molar-refractivity contribution in [1.82, 2.24) is 0 Å². The number of hydrogen-bond donors (Lipinski definition) is 1. The van der Waals surface area contributed by atoms with Gasteiger partial charge in [-0.15, -0.1) is 11.8 Å². The standard InChI is InChI=1S/C10H12O3S/c1-14-8-4-2-7(3-5-8)12-6-9-10(11)13-9/h2-5,9-11H,6H2,1H3. The average Bonchev–Trinajstić information content (AvgIpc) is 2.92. The van der Waals surface area contributed by atoms with Gasteiger partial charge in [0.25, 0.3) is 0 Å². The van der Waals surface area contributed by atoms with Crippen molar-refractivity contribution in [1.29, 1.82) is 0 Å². The highest BCUT2D eigenvalue weighted by Gasteiger charge is 2.37. The lowest BCUT2D eigenvalue weighted by Crippen LogP contribution is -2.06. The fourth-order valence-corrected chi connectivity index (χ4v) is 1.51. The first-order valence-electron chi connectivity index (χ1n) is 4.40. The first-order chi connectivity index (χ1) is 6.79. The molecule has 76 valence electrons. The van der Waals surface area contributed by atoms with E-state index in [1.54, 1.807) is 11.8 Å². The van der Waals surface area contributed by atoms with Crippen molar-refractivity contribution >= 4 is 11.8 Å².